The van der Waals surface area contributed by atoms with Crippen molar-refractivity contribution in [3.8, 4) is 0 Å². The van der Waals surface area contributed by atoms with E-state index in [0.717, 1.165) is 93.9 Å². The Morgan fingerprint density at radius 2 is 1.75 bits per heavy atom. The number of piperazine rings is 1. The van der Waals surface area contributed by atoms with E-state index in [2.05, 4.69) is 77.1 Å². The van der Waals surface area contributed by atoms with E-state index in [1.54, 1.807) is 13.8 Å². The summed E-state index contributed by atoms with van der Waals surface area (Å²) in [7, 11) is 4.28. The third kappa shape index (κ3) is 12.5. The molecule has 1 fully saturated rings. The van der Waals surface area contributed by atoms with Crippen molar-refractivity contribution in [2.45, 2.75) is 86.3 Å². The predicted molar refractivity (Wildman–Crippen MR) is 182 cm³/mol. The summed E-state index contributed by atoms with van der Waals surface area (Å²) in [6.45, 7) is 24.8. The summed E-state index contributed by atoms with van der Waals surface area (Å²) in [5, 5.41) is 1.17. The van der Waals surface area contributed by atoms with Gasteiger partial charge in [-0.2, -0.15) is 5.92 Å². The van der Waals surface area contributed by atoms with E-state index in [1.807, 2.05) is 13.8 Å². The number of imidazole rings is 1. The molecule has 2 N–H and O–H groups in total. The number of aryl methyl sites for hydroxylation is 2. The van der Waals surface area contributed by atoms with Gasteiger partial charge in [0.15, 0.2) is 5.82 Å². The van der Waals surface area contributed by atoms with Gasteiger partial charge in [0.25, 0.3) is 0 Å². The van der Waals surface area contributed by atoms with E-state index in [4.69, 9.17) is 15.7 Å². The number of pyridine rings is 1. The van der Waals surface area contributed by atoms with E-state index >= 15 is 0 Å². The Morgan fingerprint density at radius 1 is 1.07 bits per heavy atom. The summed E-state index contributed by atoms with van der Waals surface area (Å²) in [5.74, 6) is 2.15. The third-order valence-electron chi connectivity index (χ3n) is 7.35. The zero-order chi connectivity index (χ0) is 31.9. The fourth-order valence-corrected chi connectivity index (χ4v) is 5.33. The Hall–Kier alpha value is -1.27. The van der Waals surface area contributed by atoms with Gasteiger partial charge in [0.2, 0.25) is 0 Å². The van der Waals surface area contributed by atoms with Gasteiger partial charge in [-0.15, -0.1) is 0 Å². The van der Waals surface area contributed by atoms with Crippen LogP contribution in [-0.2, 0) is 22.5 Å². The van der Waals surface area contributed by atoms with Crippen molar-refractivity contribution in [2.75, 3.05) is 64.0 Å². The van der Waals surface area contributed by atoms with Crippen LogP contribution >= 0.6 is 0 Å². The van der Waals surface area contributed by atoms with Crippen LogP contribution in [0.4, 0.5) is 11.5 Å². The number of nitrogens with zero attached hydrogens (tertiary/aromatic N) is 6. The first-order chi connectivity index (χ1) is 20.6. The van der Waals surface area contributed by atoms with Gasteiger partial charge in [0.05, 0.1) is 17.1 Å². The number of hydrogen-bond donors (Lipinski definition) is 1. The van der Waals surface area contributed by atoms with Crippen LogP contribution in [0.3, 0.4) is 0 Å². The number of ether oxygens (including phenoxy) is 1. The van der Waals surface area contributed by atoms with Gasteiger partial charge < -0.3 is 41.5 Å². The minimum absolute atomic E-state index is 0. The molecular weight excluding hydrogens is 578 g/mol. The van der Waals surface area contributed by atoms with Crippen LogP contribution in [0.5, 0.6) is 0 Å². The standard InChI is InChI=1S/C28H44N7.C4H7O2.C2H6.K/c1-6-7-10-25-31-26-27(35(25)14-9-8-13-32(4)5)23-19-22(11-12-24(23)30-28(26)29)34-17-15-33(16-18-34)20-21(2)3;1-4(2)6-3-5;1-2;/h11-12,19,21H,2,6-10,13-18,20H2,1,3-5H3,(H2,29,30);4H,1-2H3;1-2H3;/q2*-1;;+1. The first kappa shape index (κ1) is 40.7. The fourth-order valence-electron chi connectivity index (χ4n) is 5.33. The molecule has 0 amide bonds. The largest absolute Gasteiger partial charge is 1.00 e. The van der Waals surface area contributed by atoms with Crippen molar-refractivity contribution in [3.05, 3.63) is 30.9 Å². The molecule has 0 saturated carbocycles. The van der Waals surface area contributed by atoms with Gasteiger partial charge in [-0.25, -0.2) is 9.97 Å². The normalized spacial score (nSPS) is 14.1. The van der Waals surface area contributed by atoms with Crippen molar-refractivity contribution < 1.29 is 60.9 Å². The number of anilines is 2. The van der Waals surface area contributed by atoms with E-state index < -0.39 is 0 Å². The van der Waals surface area contributed by atoms with Gasteiger partial charge >= 0.3 is 51.4 Å². The number of aromatic nitrogens is 3. The molecule has 0 spiro atoms. The van der Waals surface area contributed by atoms with Crippen LogP contribution in [0.15, 0.2) is 18.2 Å². The quantitative estimate of drug-likeness (QED) is 0.174. The van der Waals surface area contributed by atoms with E-state index in [-0.39, 0.29) is 57.5 Å². The molecule has 1 atom stereocenters. The molecule has 242 valence electrons. The molecule has 2 aromatic heterocycles. The number of benzene rings is 1. The van der Waals surface area contributed by atoms with Crippen LogP contribution < -0.4 is 62.0 Å². The molecule has 0 radical (unpaired) electrons. The molecule has 4 rings (SSSR count). The molecule has 3 heterocycles. The monoisotopic (exact) mass is 634 g/mol. The predicted octanol–water partition coefficient (Wildman–Crippen LogP) is 2.95. The summed E-state index contributed by atoms with van der Waals surface area (Å²) < 4.78 is 6.68. The minimum Gasteiger partial charge on any atom is -0.651 e. The molecule has 44 heavy (non-hydrogen) atoms. The van der Waals surface area contributed by atoms with Crippen LogP contribution in [0.1, 0.15) is 73.1 Å². The van der Waals surface area contributed by atoms with Crippen molar-refractivity contribution in [3.63, 3.8) is 0 Å². The zero-order valence-corrected chi connectivity index (χ0v) is 32.3. The summed E-state index contributed by atoms with van der Waals surface area (Å²) in [6, 6.07) is 6.67. The summed E-state index contributed by atoms with van der Waals surface area (Å²) >= 11 is 0. The molecule has 1 saturated heterocycles. The van der Waals surface area contributed by atoms with Gasteiger partial charge in [-0.05, 0) is 78.5 Å². The summed E-state index contributed by atoms with van der Waals surface area (Å²) in [6.07, 6.45) is 5.53. The third-order valence-corrected chi connectivity index (χ3v) is 7.35. The second kappa shape index (κ2) is 21.5. The van der Waals surface area contributed by atoms with Crippen LogP contribution in [0, 0.1) is 12.8 Å². The molecule has 10 heteroatoms. The molecular formula is C34H57KN7O2-. The number of hydrogen-bond acceptors (Lipinski definition) is 8. The molecule has 0 aliphatic carbocycles. The Balaban J connectivity index is 0.000000963. The Morgan fingerprint density at radius 3 is 2.30 bits per heavy atom. The van der Waals surface area contributed by atoms with E-state index in [1.165, 1.54) is 24.0 Å². The van der Waals surface area contributed by atoms with Crippen molar-refractivity contribution in [1.29, 1.82) is 0 Å². The second-order valence-corrected chi connectivity index (χ2v) is 11.8. The molecule has 9 nitrogen and oxygen atoms in total. The van der Waals surface area contributed by atoms with Crippen LogP contribution in [0.25, 0.3) is 21.9 Å². The first-order valence-electron chi connectivity index (χ1n) is 16.2. The second-order valence-electron chi connectivity index (χ2n) is 11.8. The molecule has 1 aromatic carbocycles. The number of fused-ring (bicyclic) bond motifs is 3. The van der Waals surface area contributed by atoms with Gasteiger partial charge in [-0.1, -0.05) is 40.6 Å². The summed E-state index contributed by atoms with van der Waals surface area (Å²) in [5.41, 5.74) is 10.7. The van der Waals surface area contributed by atoms with E-state index in [0.29, 0.717) is 11.7 Å². The van der Waals surface area contributed by atoms with Crippen molar-refractivity contribution >= 4 is 39.9 Å². The number of carbonyl (C=O) groups excluding carboxylic acids is 1. The molecule has 1 unspecified atom stereocenters. The smallest absolute Gasteiger partial charge is 0.651 e. The SMILES string of the molecule is CC.CC(C)O[C-]=O.[CH2-]C(C)CN1CCN(c2ccc3nc(N)c4nc(CCCC)n(CCCCN(C)C)c4c3c2)CC1.[K+]. The average molecular weight is 635 g/mol. The van der Waals surface area contributed by atoms with Gasteiger partial charge in [0, 0.05) is 50.2 Å². The van der Waals surface area contributed by atoms with Crippen molar-refractivity contribution in [2.24, 2.45) is 5.92 Å². The molecule has 0 bridgehead atoms. The minimum atomic E-state index is -0.0255. The van der Waals surface area contributed by atoms with Crippen LogP contribution in [-0.4, -0.2) is 90.3 Å². The van der Waals surface area contributed by atoms with E-state index in [9.17, 15) is 4.79 Å². The Kier molecular flexibility index (Phi) is 19.9. The average Bonchev–Trinajstić information content (AvgIpc) is 3.34. The first-order valence-corrected chi connectivity index (χ1v) is 16.2. The maximum atomic E-state index is 9.27. The molecule has 1 aliphatic rings. The zero-order valence-electron chi connectivity index (χ0n) is 29.2. The maximum absolute atomic E-state index is 9.27. The maximum Gasteiger partial charge on any atom is 1.00 e. The fraction of sp³-hybridized carbons (Fsp3) is 0.647. The number of rotatable bonds is 13. The number of nitrogen functional groups attached to an aromatic ring is 1. The Bertz CT molecular complexity index is 1240. The number of unbranched alkanes of at least 4 members (excludes halogenated alkanes) is 2. The topological polar surface area (TPSA) is 92.7 Å². The molecule has 3 aromatic rings. The Labute approximate surface area is 309 Å². The van der Waals surface area contributed by atoms with Crippen molar-refractivity contribution in [1.82, 2.24) is 24.3 Å². The summed E-state index contributed by atoms with van der Waals surface area (Å²) in [4.78, 5) is 26.3. The number of nitrogens with two attached hydrogens (primary N) is 1. The van der Waals surface area contributed by atoms with Gasteiger partial charge in [-0.3, -0.25) is 0 Å². The molecule has 1 aliphatic heterocycles. The van der Waals surface area contributed by atoms with Crippen LogP contribution in [0.2, 0.25) is 0 Å². The van der Waals surface area contributed by atoms with Gasteiger partial charge in [0.1, 0.15) is 11.3 Å².